The van der Waals surface area contributed by atoms with Crippen molar-refractivity contribution in [3.63, 3.8) is 0 Å². The molecule has 4 rings (SSSR count). The Kier molecular flexibility index (Phi) is 5.00. The summed E-state index contributed by atoms with van der Waals surface area (Å²) in [7, 11) is 1.75. The van der Waals surface area contributed by atoms with E-state index in [1.807, 2.05) is 12.1 Å². The molecule has 0 saturated carbocycles. The molecule has 2 aliphatic heterocycles. The molecule has 2 fully saturated rings. The number of benzene rings is 2. The molecule has 2 saturated heterocycles. The predicted octanol–water partition coefficient (Wildman–Crippen LogP) is 3.16. The maximum Gasteiger partial charge on any atom is 0.335 e. The van der Waals surface area contributed by atoms with Crippen LogP contribution in [0.3, 0.4) is 0 Å². The normalized spacial score (nSPS) is 28.0. The SMILES string of the molecule is CO[C@@H]1CN(Cc2cccc(C(=O)O)c2)C[C@]12C[C@@H](c1ccccc1)CO2. The molecule has 1 N–H and O–H groups in total. The minimum absolute atomic E-state index is 0.0221. The molecule has 3 atom stereocenters. The van der Waals surface area contributed by atoms with Crippen LogP contribution in [0, 0.1) is 0 Å². The predicted molar refractivity (Wildman–Crippen MR) is 102 cm³/mol. The van der Waals surface area contributed by atoms with Gasteiger partial charge in [0.2, 0.25) is 0 Å². The first kappa shape index (κ1) is 18.2. The minimum Gasteiger partial charge on any atom is -0.478 e. The van der Waals surface area contributed by atoms with Crippen molar-refractivity contribution in [2.75, 3.05) is 26.8 Å². The first-order chi connectivity index (χ1) is 13.1. The maximum absolute atomic E-state index is 11.2. The molecule has 2 aliphatic rings. The van der Waals surface area contributed by atoms with Crippen LogP contribution in [-0.4, -0.2) is 54.5 Å². The lowest BCUT2D eigenvalue weighted by Gasteiger charge is -2.28. The zero-order chi connectivity index (χ0) is 18.9. The van der Waals surface area contributed by atoms with Crippen LogP contribution in [0.2, 0.25) is 0 Å². The Balaban J connectivity index is 1.48. The summed E-state index contributed by atoms with van der Waals surface area (Å²) in [5.41, 5.74) is 2.35. The summed E-state index contributed by atoms with van der Waals surface area (Å²) in [6.07, 6.45) is 0.968. The van der Waals surface area contributed by atoms with Crippen molar-refractivity contribution < 1.29 is 19.4 Å². The summed E-state index contributed by atoms with van der Waals surface area (Å²) in [5, 5.41) is 9.20. The van der Waals surface area contributed by atoms with E-state index in [9.17, 15) is 9.90 Å². The molecule has 0 aromatic heterocycles. The second kappa shape index (κ2) is 7.43. The van der Waals surface area contributed by atoms with Crippen LogP contribution in [0.5, 0.6) is 0 Å². The average Bonchev–Trinajstić information content (AvgIpc) is 3.26. The minimum atomic E-state index is -0.894. The smallest absolute Gasteiger partial charge is 0.335 e. The fraction of sp³-hybridized carbons (Fsp3) is 0.409. The molecule has 142 valence electrons. The molecule has 27 heavy (non-hydrogen) atoms. The van der Waals surface area contributed by atoms with Gasteiger partial charge in [-0.1, -0.05) is 42.5 Å². The number of carboxylic acids is 1. The average molecular weight is 367 g/mol. The summed E-state index contributed by atoms with van der Waals surface area (Å²) in [6, 6.07) is 17.7. The molecule has 0 aliphatic carbocycles. The number of ether oxygens (including phenoxy) is 2. The standard InChI is InChI=1S/C22H25NO4/c1-26-20-13-23(12-16-6-5-9-18(10-16)21(24)25)15-22(20)11-19(14-27-22)17-7-3-2-4-8-17/h2-10,19-20H,11-15H2,1H3,(H,24,25)/t19-,20-,22-/m1/s1. The van der Waals surface area contributed by atoms with Gasteiger partial charge < -0.3 is 14.6 Å². The van der Waals surface area contributed by atoms with Crippen molar-refractivity contribution in [1.29, 1.82) is 0 Å². The van der Waals surface area contributed by atoms with E-state index in [4.69, 9.17) is 9.47 Å². The molecule has 0 amide bonds. The van der Waals surface area contributed by atoms with Crippen LogP contribution in [-0.2, 0) is 16.0 Å². The second-order valence-electron chi connectivity index (χ2n) is 7.59. The van der Waals surface area contributed by atoms with Crippen LogP contribution in [0.15, 0.2) is 54.6 Å². The maximum atomic E-state index is 11.2. The Morgan fingerprint density at radius 2 is 2.07 bits per heavy atom. The quantitative estimate of drug-likeness (QED) is 0.880. The molecule has 2 aromatic carbocycles. The third-order valence-electron chi connectivity index (χ3n) is 5.80. The Morgan fingerprint density at radius 1 is 1.26 bits per heavy atom. The van der Waals surface area contributed by atoms with Crippen molar-refractivity contribution >= 4 is 5.97 Å². The monoisotopic (exact) mass is 367 g/mol. The van der Waals surface area contributed by atoms with Gasteiger partial charge in [-0.25, -0.2) is 4.79 Å². The summed E-state index contributed by atoms with van der Waals surface area (Å²) in [6.45, 7) is 3.00. The highest BCUT2D eigenvalue weighted by atomic mass is 16.6. The highest BCUT2D eigenvalue weighted by Gasteiger charge is 2.52. The largest absolute Gasteiger partial charge is 0.478 e. The Morgan fingerprint density at radius 3 is 2.81 bits per heavy atom. The topological polar surface area (TPSA) is 59.0 Å². The van der Waals surface area contributed by atoms with E-state index >= 15 is 0 Å². The van der Waals surface area contributed by atoms with Gasteiger partial charge in [-0.05, 0) is 29.7 Å². The van der Waals surface area contributed by atoms with E-state index in [1.54, 1.807) is 25.3 Å². The van der Waals surface area contributed by atoms with Crippen LogP contribution in [0.1, 0.15) is 33.8 Å². The molecular weight excluding hydrogens is 342 g/mol. The zero-order valence-electron chi connectivity index (χ0n) is 15.5. The van der Waals surface area contributed by atoms with Crippen LogP contribution >= 0.6 is 0 Å². The van der Waals surface area contributed by atoms with Gasteiger partial charge in [-0.15, -0.1) is 0 Å². The zero-order valence-corrected chi connectivity index (χ0v) is 15.5. The number of aromatic carboxylic acids is 1. The first-order valence-corrected chi connectivity index (χ1v) is 9.36. The van der Waals surface area contributed by atoms with Gasteiger partial charge >= 0.3 is 5.97 Å². The molecular formula is C22H25NO4. The van der Waals surface area contributed by atoms with Gasteiger partial charge in [0, 0.05) is 32.7 Å². The number of carboxylic acid groups (broad SMARTS) is 1. The van der Waals surface area contributed by atoms with Gasteiger partial charge in [0.25, 0.3) is 0 Å². The van der Waals surface area contributed by atoms with Gasteiger partial charge in [0.15, 0.2) is 0 Å². The number of carbonyl (C=O) groups is 1. The lowest BCUT2D eigenvalue weighted by Crippen LogP contribution is -2.42. The summed E-state index contributed by atoms with van der Waals surface area (Å²) >= 11 is 0. The Hall–Kier alpha value is -2.21. The Bertz CT molecular complexity index is 809. The lowest BCUT2D eigenvalue weighted by atomic mass is 9.87. The van der Waals surface area contributed by atoms with Crippen molar-refractivity contribution in [3.8, 4) is 0 Å². The highest BCUT2D eigenvalue weighted by Crippen LogP contribution is 2.43. The molecule has 2 heterocycles. The fourth-order valence-electron chi connectivity index (χ4n) is 4.49. The van der Waals surface area contributed by atoms with Gasteiger partial charge in [0.1, 0.15) is 5.60 Å². The van der Waals surface area contributed by atoms with Crippen molar-refractivity contribution in [2.24, 2.45) is 0 Å². The van der Waals surface area contributed by atoms with E-state index in [0.717, 1.165) is 25.1 Å². The van der Waals surface area contributed by atoms with E-state index in [2.05, 4.69) is 29.2 Å². The van der Waals surface area contributed by atoms with Crippen molar-refractivity contribution in [1.82, 2.24) is 4.90 Å². The van der Waals surface area contributed by atoms with E-state index in [1.165, 1.54) is 5.56 Å². The molecule has 2 aromatic rings. The van der Waals surface area contributed by atoms with Crippen molar-refractivity contribution in [3.05, 3.63) is 71.3 Å². The summed E-state index contributed by atoms with van der Waals surface area (Å²) in [5.74, 6) is -0.506. The molecule has 5 heteroatoms. The number of likely N-dealkylation sites (tertiary alicyclic amines) is 1. The van der Waals surface area contributed by atoms with Gasteiger partial charge in [0.05, 0.1) is 18.3 Å². The van der Waals surface area contributed by atoms with Crippen LogP contribution in [0.25, 0.3) is 0 Å². The molecule has 5 nitrogen and oxygen atoms in total. The van der Waals surface area contributed by atoms with E-state index < -0.39 is 5.97 Å². The molecule has 0 radical (unpaired) electrons. The van der Waals surface area contributed by atoms with Crippen molar-refractivity contribution in [2.45, 2.75) is 30.6 Å². The van der Waals surface area contributed by atoms with E-state index in [-0.39, 0.29) is 11.7 Å². The number of rotatable bonds is 5. The number of hydrogen-bond donors (Lipinski definition) is 1. The highest BCUT2D eigenvalue weighted by molar-refractivity contribution is 5.87. The number of methoxy groups -OCH3 is 1. The van der Waals surface area contributed by atoms with Gasteiger partial charge in [-0.2, -0.15) is 0 Å². The van der Waals surface area contributed by atoms with Crippen LogP contribution in [0.4, 0.5) is 0 Å². The third-order valence-corrected chi connectivity index (χ3v) is 5.80. The van der Waals surface area contributed by atoms with E-state index in [0.29, 0.717) is 24.6 Å². The summed E-state index contributed by atoms with van der Waals surface area (Å²) in [4.78, 5) is 13.5. The molecule has 1 spiro atoms. The third kappa shape index (κ3) is 3.63. The second-order valence-corrected chi connectivity index (χ2v) is 7.59. The summed E-state index contributed by atoms with van der Waals surface area (Å²) < 4.78 is 12.1. The van der Waals surface area contributed by atoms with Crippen LogP contribution < -0.4 is 0 Å². The number of nitrogens with zero attached hydrogens (tertiary/aromatic N) is 1. The first-order valence-electron chi connectivity index (χ1n) is 9.36. The molecule has 0 unspecified atom stereocenters. The Labute approximate surface area is 159 Å². The number of hydrogen-bond acceptors (Lipinski definition) is 4. The van der Waals surface area contributed by atoms with Gasteiger partial charge in [-0.3, -0.25) is 4.90 Å². The molecule has 0 bridgehead atoms. The lowest BCUT2D eigenvalue weighted by molar-refractivity contribution is -0.0757. The fourth-order valence-corrected chi connectivity index (χ4v) is 4.49.